The number of amides is 1. The van der Waals surface area contributed by atoms with Gasteiger partial charge in [0.15, 0.2) is 0 Å². The number of carbonyl (C=O) groups excluding carboxylic acids is 1. The van der Waals surface area contributed by atoms with Gasteiger partial charge in [-0.3, -0.25) is 4.79 Å². The van der Waals surface area contributed by atoms with E-state index in [1.54, 1.807) is 7.11 Å². The second-order valence-corrected chi connectivity index (χ2v) is 5.65. The van der Waals surface area contributed by atoms with Crippen LogP contribution in [0.4, 0.5) is 0 Å². The average Bonchev–Trinajstić information content (AvgIpc) is 3.39. The largest absolute Gasteiger partial charge is 0.497 e. The minimum absolute atomic E-state index is 0.0319. The average molecular weight is 305 g/mol. The molecule has 3 heteroatoms. The molecule has 1 saturated carbocycles. The summed E-state index contributed by atoms with van der Waals surface area (Å²) in [6, 6.07) is 17.6. The van der Waals surface area contributed by atoms with Crippen LogP contribution in [0.1, 0.15) is 17.5 Å². The van der Waals surface area contributed by atoms with Crippen LogP contribution < -0.4 is 10.1 Å². The summed E-state index contributed by atoms with van der Waals surface area (Å²) in [5, 5.41) is 2.98. The van der Waals surface area contributed by atoms with E-state index in [0.29, 0.717) is 6.54 Å². The van der Waals surface area contributed by atoms with E-state index in [9.17, 15) is 4.79 Å². The van der Waals surface area contributed by atoms with Gasteiger partial charge in [0, 0.05) is 18.0 Å². The smallest absolute Gasteiger partial charge is 0.224 e. The standard InChI is InChI=1S/C20H19NO2/c1-23-18-11-8-16(9-12-18)14-21-20(22)19-13-17(19)10-7-15-5-3-2-4-6-15/h2-6,8-9,11-12,17,19H,13-14H2,1H3,(H,21,22)/t17-,19+/m0/s1. The quantitative estimate of drug-likeness (QED) is 0.882. The molecule has 1 N–H and O–H groups in total. The summed E-state index contributed by atoms with van der Waals surface area (Å²) in [4.78, 5) is 12.1. The van der Waals surface area contributed by atoms with E-state index in [1.165, 1.54) is 0 Å². The third kappa shape index (κ3) is 4.14. The summed E-state index contributed by atoms with van der Waals surface area (Å²) in [5.41, 5.74) is 2.06. The molecule has 116 valence electrons. The Morgan fingerprint density at radius 2 is 1.91 bits per heavy atom. The Labute approximate surface area is 136 Å². The third-order valence-corrected chi connectivity index (χ3v) is 3.93. The number of hydrogen-bond acceptors (Lipinski definition) is 2. The molecule has 0 aliphatic heterocycles. The number of ether oxygens (including phenoxy) is 1. The van der Waals surface area contributed by atoms with Gasteiger partial charge in [0.1, 0.15) is 5.75 Å². The number of hydrogen-bond donors (Lipinski definition) is 1. The SMILES string of the molecule is COc1ccc(CNC(=O)[C@@H]2C[C@@H]2C#Cc2ccccc2)cc1. The maximum Gasteiger partial charge on any atom is 0.224 e. The highest BCUT2D eigenvalue weighted by Crippen LogP contribution is 2.38. The fourth-order valence-corrected chi connectivity index (χ4v) is 2.41. The summed E-state index contributed by atoms with van der Waals surface area (Å²) in [6.45, 7) is 0.540. The van der Waals surface area contributed by atoms with Crippen molar-refractivity contribution in [1.29, 1.82) is 0 Å². The van der Waals surface area contributed by atoms with Gasteiger partial charge in [-0.2, -0.15) is 0 Å². The zero-order valence-corrected chi connectivity index (χ0v) is 13.1. The van der Waals surface area contributed by atoms with Crippen molar-refractivity contribution in [1.82, 2.24) is 5.32 Å². The molecule has 0 unspecified atom stereocenters. The molecule has 23 heavy (non-hydrogen) atoms. The van der Waals surface area contributed by atoms with E-state index >= 15 is 0 Å². The van der Waals surface area contributed by atoms with Gasteiger partial charge in [-0.1, -0.05) is 42.2 Å². The first-order valence-electron chi connectivity index (χ1n) is 7.73. The zero-order valence-electron chi connectivity index (χ0n) is 13.1. The van der Waals surface area contributed by atoms with Crippen molar-refractivity contribution in [2.75, 3.05) is 7.11 Å². The van der Waals surface area contributed by atoms with Crippen LogP contribution in [0.25, 0.3) is 0 Å². The van der Waals surface area contributed by atoms with Crippen molar-refractivity contribution < 1.29 is 9.53 Å². The van der Waals surface area contributed by atoms with Gasteiger partial charge in [-0.05, 0) is 36.2 Å². The summed E-state index contributed by atoms with van der Waals surface area (Å²) in [5.74, 6) is 7.45. The van der Waals surface area contributed by atoms with E-state index in [1.807, 2.05) is 54.6 Å². The Kier molecular flexibility index (Phi) is 4.63. The Bertz CT molecular complexity index is 726. The molecule has 0 aromatic heterocycles. The molecule has 0 spiro atoms. The normalized spacial score (nSPS) is 18.5. The highest BCUT2D eigenvalue weighted by Gasteiger charge is 2.41. The molecule has 0 saturated heterocycles. The second-order valence-electron chi connectivity index (χ2n) is 5.65. The van der Waals surface area contributed by atoms with Crippen molar-refractivity contribution in [2.45, 2.75) is 13.0 Å². The molecule has 2 aromatic rings. The van der Waals surface area contributed by atoms with Crippen LogP contribution in [0.15, 0.2) is 54.6 Å². The van der Waals surface area contributed by atoms with Crippen LogP contribution in [0.3, 0.4) is 0 Å². The fraction of sp³-hybridized carbons (Fsp3) is 0.250. The monoisotopic (exact) mass is 305 g/mol. The molecule has 3 nitrogen and oxygen atoms in total. The second kappa shape index (κ2) is 7.02. The number of carbonyl (C=O) groups is 1. The minimum atomic E-state index is 0.0319. The van der Waals surface area contributed by atoms with Crippen molar-refractivity contribution in [2.24, 2.45) is 11.8 Å². The van der Waals surface area contributed by atoms with Crippen LogP contribution in [0.5, 0.6) is 5.75 Å². The van der Waals surface area contributed by atoms with Gasteiger partial charge < -0.3 is 10.1 Å². The lowest BCUT2D eigenvalue weighted by atomic mass is 10.2. The molecular formula is C20H19NO2. The zero-order chi connectivity index (χ0) is 16.1. The van der Waals surface area contributed by atoms with E-state index < -0.39 is 0 Å². The Balaban J connectivity index is 1.48. The number of rotatable bonds is 4. The summed E-state index contributed by atoms with van der Waals surface area (Å²) in [7, 11) is 1.64. The van der Waals surface area contributed by atoms with Crippen LogP contribution in [-0.4, -0.2) is 13.0 Å². The van der Waals surface area contributed by atoms with Gasteiger partial charge in [0.25, 0.3) is 0 Å². The first-order chi connectivity index (χ1) is 11.3. The minimum Gasteiger partial charge on any atom is -0.497 e. The third-order valence-electron chi connectivity index (χ3n) is 3.93. The van der Waals surface area contributed by atoms with E-state index in [4.69, 9.17) is 4.74 Å². The number of nitrogens with one attached hydrogen (secondary N) is 1. The fourth-order valence-electron chi connectivity index (χ4n) is 2.41. The molecule has 1 amide bonds. The molecule has 1 aliphatic carbocycles. The summed E-state index contributed by atoms with van der Waals surface area (Å²) < 4.78 is 5.12. The molecule has 1 aliphatic rings. The predicted octanol–water partition coefficient (Wildman–Crippen LogP) is 3.00. The van der Waals surface area contributed by atoms with Crippen molar-refractivity contribution in [3.05, 3.63) is 65.7 Å². The molecule has 0 heterocycles. The Morgan fingerprint density at radius 3 is 2.61 bits per heavy atom. The molecule has 2 atom stereocenters. The Hall–Kier alpha value is -2.73. The van der Waals surface area contributed by atoms with Crippen molar-refractivity contribution >= 4 is 5.91 Å². The predicted molar refractivity (Wildman–Crippen MR) is 89.8 cm³/mol. The van der Waals surface area contributed by atoms with Crippen LogP contribution in [-0.2, 0) is 11.3 Å². The maximum atomic E-state index is 12.1. The van der Waals surface area contributed by atoms with Crippen molar-refractivity contribution in [3.63, 3.8) is 0 Å². The van der Waals surface area contributed by atoms with Gasteiger partial charge in [0.05, 0.1) is 13.0 Å². The lowest BCUT2D eigenvalue weighted by Crippen LogP contribution is -2.24. The van der Waals surface area contributed by atoms with E-state index in [-0.39, 0.29) is 17.7 Å². The first-order valence-corrected chi connectivity index (χ1v) is 7.73. The maximum absolute atomic E-state index is 12.1. The molecule has 0 radical (unpaired) electrons. The highest BCUT2D eigenvalue weighted by atomic mass is 16.5. The molecule has 3 rings (SSSR count). The number of methoxy groups -OCH3 is 1. The lowest BCUT2D eigenvalue weighted by Gasteiger charge is -2.05. The molecular weight excluding hydrogens is 286 g/mol. The first kappa shape index (κ1) is 15.2. The number of benzene rings is 2. The Morgan fingerprint density at radius 1 is 1.17 bits per heavy atom. The topological polar surface area (TPSA) is 38.3 Å². The van der Waals surface area contributed by atoms with Crippen molar-refractivity contribution in [3.8, 4) is 17.6 Å². The van der Waals surface area contributed by atoms with E-state index in [0.717, 1.165) is 23.3 Å². The summed E-state index contributed by atoms with van der Waals surface area (Å²) >= 11 is 0. The lowest BCUT2D eigenvalue weighted by molar-refractivity contribution is -0.122. The van der Waals surface area contributed by atoms with Gasteiger partial charge in [-0.15, -0.1) is 0 Å². The highest BCUT2D eigenvalue weighted by molar-refractivity contribution is 5.82. The van der Waals surface area contributed by atoms with Gasteiger partial charge >= 0.3 is 0 Å². The van der Waals surface area contributed by atoms with E-state index in [2.05, 4.69) is 17.2 Å². The molecule has 0 bridgehead atoms. The summed E-state index contributed by atoms with van der Waals surface area (Å²) in [6.07, 6.45) is 0.855. The van der Waals surface area contributed by atoms with Gasteiger partial charge in [0.2, 0.25) is 5.91 Å². The van der Waals surface area contributed by atoms with Crippen LogP contribution in [0, 0.1) is 23.7 Å². The molecule has 1 fully saturated rings. The van der Waals surface area contributed by atoms with Gasteiger partial charge in [-0.25, -0.2) is 0 Å². The van der Waals surface area contributed by atoms with Crippen LogP contribution in [0.2, 0.25) is 0 Å². The molecule has 2 aromatic carbocycles. The van der Waals surface area contributed by atoms with Crippen LogP contribution >= 0.6 is 0 Å².